The van der Waals surface area contributed by atoms with Crippen molar-refractivity contribution in [3.05, 3.63) is 45.0 Å². The third-order valence-corrected chi connectivity index (χ3v) is 3.47. The molecule has 1 rings (SSSR count). The fourth-order valence-electron chi connectivity index (χ4n) is 1.54. The van der Waals surface area contributed by atoms with Gasteiger partial charge in [0.05, 0.1) is 23.3 Å². The molecular formula is C16H19Cl4NO3. The molecule has 0 radical (unpaired) electrons. The van der Waals surface area contributed by atoms with Crippen LogP contribution >= 0.6 is 46.4 Å². The van der Waals surface area contributed by atoms with Crippen molar-refractivity contribution in [2.24, 2.45) is 0 Å². The van der Waals surface area contributed by atoms with E-state index in [1.807, 2.05) is 13.0 Å². The van der Waals surface area contributed by atoms with Crippen LogP contribution in [0.1, 0.15) is 19.8 Å². The fourth-order valence-corrected chi connectivity index (χ4v) is 2.24. The summed E-state index contributed by atoms with van der Waals surface area (Å²) in [5.74, 6) is 0.911. The minimum Gasteiger partial charge on any atom is -0.490 e. The van der Waals surface area contributed by atoms with Gasteiger partial charge in [-0.3, -0.25) is 10.3 Å². The highest BCUT2D eigenvalue weighted by Gasteiger charge is 2.10. The number of ether oxygens (including phenoxy) is 2. The molecular weight excluding hydrogens is 396 g/mol. The zero-order chi connectivity index (χ0) is 17.8. The molecule has 0 aliphatic heterocycles. The molecule has 1 aromatic rings. The maximum absolute atomic E-state index is 6.16. The van der Waals surface area contributed by atoms with Crippen LogP contribution in [0.2, 0.25) is 10.0 Å². The maximum Gasteiger partial charge on any atom is 0.156 e. The van der Waals surface area contributed by atoms with Gasteiger partial charge in [0.1, 0.15) is 16.8 Å². The first kappa shape index (κ1) is 21.3. The Morgan fingerprint density at radius 1 is 1.12 bits per heavy atom. The average Bonchev–Trinajstić information content (AvgIpc) is 2.51. The first-order valence-corrected chi connectivity index (χ1v) is 8.84. The molecule has 0 fully saturated rings. The van der Waals surface area contributed by atoms with Gasteiger partial charge in [-0.2, -0.15) is 0 Å². The minimum absolute atomic E-state index is 0.133. The molecule has 1 N–H and O–H groups in total. The number of benzene rings is 1. The quantitative estimate of drug-likeness (QED) is 0.361. The van der Waals surface area contributed by atoms with Gasteiger partial charge in [-0.1, -0.05) is 59.4 Å². The molecule has 0 heterocycles. The Morgan fingerprint density at radius 2 is 1.83 bits per heavy atom. The maximum atomic E-state index is 6.16. The van der Waals surface area contributed by atoms with Gasteiger partial charge in [0.25, 0.3) is 0 Å². The number of hydrogen-bond donors (Lipinski definition) is 1. The predicted octanol–water partition coefficient (Wildman–Crippen LogP) is 5.91. The van der Waals surface area contributed by atoms with Gasteiger partial charge in [0.15, 0.2) is 5.75 Å². The number of nitrogens with one attached hydrogen (secondary N) is 1. The predicted molar refractivity (Wildman–Crippen MR) is 100 cm³/mol. The summed E-state index contributed by atoms with van der Waals surface area (Å²) in [7, 11) is 0. The lowest BCUT2D eigenvalue weighted by atomic mass is 10.3. The van der Waals surface area contributed by atoms with Crippen LogP contribution in [0.15, 0.2) is 35.0 Å². The van der Waals surface area contributed by atoms with E-state index in [9.17, 15) is 0 Å². The summed E-state index contributed by atoms with van der Waals surface area (Å²) in [6.07, 6.45) is 6.85. The van der Waals surface area contributed by atoms with E-state index in [1.165, 1.54) is 6.08 Å². The van der Waals surface area contributed by atoms with Gasteiger partial charge >= 0.3 is 0 Å². The number of hydrogen-bond acceptors (Lipinski definition) is 4. The highest BCUT2D eigenvalue weighted by molar-refractivity contribution is 6.55. The van der Waals surface area contributed by atoms with E-state index in [2.05, 4.69) is 5.48 Å². The van der Waals surface area contributed by atoms with Gasteiger partial charge in [0, 0.05) is 24.8 Å². The summed E-state index contributed by atoms with van der Waals surface area (Å²) in [5, 5.41) is 0.728. The second-order valence-corrected chi connectivity index (χ2v) is 6.32. The van der Waals surface area contributed by atoms with E-state index in [0.717, 1.165) is 6.42 Å². The molecule has 134 valence electrons. The van der Waals surface area contributed by atoms with E-state index in [0.29, 0.717) is 41.2 Å². The Kier molecular flexibility index (Phi) is 11.1. The van der Waals surface area contributed by atoms with Crippen molar-refractivity contribution in [1.82, 2.24) is 5.48 Å². The van der Waals surface area contributed by atoms with Crippen LogP contribution < -0.4 is 15.0 Å². The minimum atomic E-state index is 0.133. The summed E-state index contributed by atoms with van der Waals surface area (Å²) in [6, 6.07) is 3.23. The molecule has 0 aliphatic carbocycles. The number of halogens is 4. The van der Waals surface area contributed by atoms with E-state index < -0.39 is 0 Å². The molecule has 0 saturated carbocycles. The molecule has 8 heteroatoms. The third-order valence-electron chi connectivity index (χ3n) is 2.60. The molecule has 0 spiro atoms. The zero-order valence-corrected chi connectivity index (χ0v) is 16.2. The molecule has 1 aromatic carbocycles. The lowest BCUT2D eigenvalue weighted by Crippen LogP contribution is -2.10. The van der Waals surface area contributed by atoms with E-state index >= 15 is 0 Å². The van der Waals surface area contributed by atoms with Gasteiger partial charge in [-0.05, 0) is 12.5 Å². The van der Waals surface area contributed by atoms with Crippen LogP contribution in [-0.4, -0.2) is 19.8 Å². The highest BCUT2D eigenvalue weighted by atomic mass is 35.5. The molecule has 0 aliphatic rings. The van der Waals surface area contributed by atoms with Gasteiger partial charge in [0.2, 0.25) is 0 Å². The van der Waals surface area contributed by atoms with Crippen LogP contribution in [0, 0.1) is 0 Å². The smallest absolute Gasteiger partial charge is 0.156 e. The Balaban J connectivity index is 2.40. The Morgan fingerprint density at radius 3 is 2.46 bits per heavy atom. The summed E-state index contributed by atoms with van der Waals surface area (Å²) >= 11 is 23.3. The lowest BCUT2D eigenvalue weighted by molar-refractivity contribution is 0.0618. The zero-order valence-electron chi connectivity index (χ0n) is 13.2. The van der Waals surface area contributed by atoms with Crippen molar-refractivity contribution in [3.8, 4) is 11.5 Å². The first-order chi connectivity index (χ1) is 11.5. The largest absolute Gasteiger partial charge is 0.490 e. The Bertz CT molecular complexity index is 537. The van der Waals surface area contributed by atoms with Crippen LogP contribution in [0.5, 0.6) is 11.5 Å². The van der Waals surface area contributed by atoms with Crippen LogP contribution in [-0.2, 0) is 4.84 Å². The topological polar surface area (TPSA) is 39.7 Å². The molecule has 4 nitrogen and oxygen atoms in total. The summed E-state index contributed by atoms with van der Waals surface area (Å²) < 4.78 is 11.1. The van der Waals surface area contributed by atoms with E-state index in [1.54, 1.807) is 18.3 Å². The molecule has 0 aromatic heterocycles. The van der Waals surface area contributed by atoms with Crippen molar-refractivity contribution in [2.45, 2.75) is 19.8 Å². The van der Waals surface area contributed by atoms with Crippen molar-refractivity contribution in [3.63, 3.8) is 0 Å². The number of allylic oxidation sites excluding steroid dienone is 1. The van der Waals surface area contributed by atoms with Crippen molar-refractivity contribution < 1.29 is 14.3 Å². The second kappa shape index (κ2) is 12.6. The second-order valence-electron chi connectivity index (χ2n) is 4.50. The lowest BCUT2D eigenvalue weighted by Gasteiger charge is -2.12. The van der Waals surface area contributed by atoms with E-state index in [4.69, 9.17) is 60.7 Å². The van der Waals surface area contributed by atoms with Gasteiger partial charge in [-0.25, -0.2) is 0 Å². The van der Waals surface area contributed by atoms with Gasteiger partial charge in [-0.15, -0.1) is 0 Å². The van der Waals surface area contributed by atoms with Crippen LogP contribution in [0.25, 0.3) is 0 Å². The summed E-state index contributed by atoms with van der Waals surface area (Å²) in [6.45, 7) is 3.17. The summed E-state index contributed by atoms with van der Waals surface area (Å²) in [5.41, 5.74) is 2.71. The normalized spacial score (nSPS) is 10.7. The summed E-state index contributed by atoms with van der Waals surface area (Å²) in [4.78, 5) is 5.19. The number of hydroxylamine groups is 1. The molecule has 0 amide bonds. The molecule has 24 heavy (non-hydrogen) atoms. The van der Waals surface area contributed by atoms with Crippen molar-refractivity contribution >= 4 is 46.4 Å². The molecule has 0 bridgehead atoms. The van der Waals surface area contributed by atoms with Crippen molar-refractivity contribution in [2.75, 3.05) is 19.8 Å². The van der Waals surface area contributed by atoms with Crippen LogP contribution in [0.3, 0.4) is 0 Å². The molecule has 0 unspecified atom stereocenters. The fraction of sp³-hybridized carbons (Fsp3) is 0.375. The van der Waals surface area contributed by atoms with E-state index in [-0.39, 0.29) is 11.1 Å². The van der Waals surface area contributed by atoms with Gasteiger partial charge < -0.3 is 9.47 Å². The monoisotopic (exact) mass is 413 g/mol. The SMILES string of the molecule is CCC=CNOCCCOc1c(Cl)cc(OCC=C(Cl)Cl)cc1Cl. The van der Waals surface area contributed by atoms with Crippen molar-refractivity contribution in [1.29, 1.82) is 0 Å². The third kappa shape index (κ3) is 8.90. The molecule has 0 saturated heterocycles. The Labute approximate surface area is 162 Å². The Hall–Kier alpha value is -0.780. The molecule has 0 atom stereocenters. The van der Waals surface area contributed by atoms with Crippen LogP contribution in [0.4, 0.5) is 0 Å². The highest BCUT2D eigenvalue weighted by Crippen LogP contribution is 2.37. The first-order valence-electron chi connectivity index (χ1n) is 7.32. The number of rotatable bonds is 11. The standard InChI is InChI=1S/C16H19Cl4NO3/c1-2-3-6-21-24-8-4-7-23-16-13(17)10-12(11-14(16)18)22-9-5-15(19)20/h3,5-6,10-11,21H,2,4,7-9H2,1H3. The average molecular weight is 415 g/mol.